The molecular weight excluding hydrogens is 264 g/mol. The van der Waals surface area contributed by atoms with Crippen LogP contribution in [0.2, 0.25) is 0 Å². The lowest BCUT2D eigenvalue weighted by molar-refractivity contribution is -0.000875. The second-order valence-corrected chi connectivity index (χ2v) is 6.26. The fourth-order valence-electron chi connectivity index (χ4n) is 3.24. The number of hydrogen-bond donors (Lipinski definition) is 0. The number of aromatic nitrogens is 1. The first kappa shape index (κ1) is 14.9. The molecule has 1 aliphatic carbocycles. The summed E-state index contributed by atoms with van der Waals surface area (Å²) >= 11 is 0. The summed E-state index contributed by atoms with van der Waals surface area (Å²) in [6.45, 7) is 3.79. The molecule has 0 radical (unpaired) electrons. The van der Waals surface area contributed by atoms with E-state index in [-0.39, 0.29) is 0 Å². The summed E-state index contributed by atoms with van der Waals surface area (Å²) in [6, 6.07) is 4.69. The van der Waals surface area contributed by atoms with E-state index in [0.29, 0.717) is 25.4 Å². The van der Waals surface area contributed by atoms with E-state index in [1.54, 1.807) is 7.11 Å². The second-order valence-electron chi connectivity index (χ2n) is 6.26. The number of ether oxygens (including phenoxy) is 2. The molecule has 2 atom stereocenters. The third kappa shape index (κ3) is 4.25. The number of nitrogens with zero attached hydrogens (tertiary/aromatic N) is 2. The molecular formula is C17H26N2O2. The summed E-state index contributed by atoms with van der Waals surface area (Å²) in [6.07, 6.45) is 9.15. The summed E-state index contributed by atoms with van der Waals surface area (Å²) in [5, 5.41) is 0. The van der Waals surface area contributed by atoms with Gasteiger partial charge in [-0.05, 0) is 43.2 Å². The van der Waals surface area contributed by atoms with Gasteiger partial charge in [0.2, 0.25) is 0 Å². The maximum atomic E-state index is 6.07. The Hall–Kier alpha value is -0.970. The van der Waals surface area contributed by atoms with E-state index in [1.165, 1.54) is 31.5 Å². The van der Waals surface area contributed by atoms with Gasteiger partial charge in [-0.2, -0.15) is 0 Å². The molecule has 4 nitrogen and oxygen atoms in total. The van der Waals surface area contributed by atoms with Crippen molar-refractivity contribution < 1.29 is 9.47 Å². The van der Waals surface area contributed by atoms with E-state index < -0.39 is 0 Å². The van der Waals surface area contributed by atoms with Crippen molar-refractivity contribution in [3.63, 3.8) is 0 Å². The van der Waals surface area contributed by atoms with Crippen molar-refractivity contribution in [2.24, 2.45) is 5.92 Å². The van der Waals surface area contributed by atoms with Crippen molar-refractivity contribution in [3.8, 4) is 0 Å². The van der Waals surface area contributed by atoms with Crippen molar-refractivity contribution in [2.45, 2.75) is 37.8 Å². The van der Waals surface area contributed by atoms with Gasteiger partial charge in [0.15, 0.2) is 0 Å². The molecule has 0 spiro atoms. The van der Waals surface area contributed by atoms with Crippen LogP contribution in [0.4, 0.5) is 0 Å². The average molecular weight is 290 g/mol. The second kappa shape index (κ2) is 7.34. The summed E-state index contributed by atoms with van der Waals surface area (Å²) in [4.78, 5) is 6.89. The minimum atomic E-state index is 0.333. The van der Waals surface area contributed by atoms with E-state index in [4.69, 9.17) is 9.47 Å². The number of hydrogen-bond acceptors (Lipinski definition) is 4. The maximum Gasteiger partial charge on any atom is 0.0746 e. The van der Waals surface area contributed by atoms with Gasteiger partial charge in [-0.1, -0.05) is 6.07 Å². The molecule has 4 heteroatoms. The molecule has 2 aliphatic rings. The fourth-order valence-corrected chi connectivity index (χ4v) is 3.24. The summed E-state index contributed by atoms with van der Waals surface area (Å²) in [7, 11) is 1.73. The van der Waals surface area contributed by atoms with Crippen LogP contribution < -0.4 is 0 Å². The van der Waals surface area contributed by atoms with E-state index in [1.807, 2.05) is 18.5 Å². The van der Waals surface area contributed by atoms with Gasteiger partial charge in [0.25, 0.3) is 0 Å². The fraction of sp³-hybridized carbons (Fsp3) is 0.706. The highest BCUT2D eigenvalue weighted by Crippen LogP contribution is 2.33. The largest absolute Gasteiger partial charge is 0.382 e. The Balaban J connectivity index is 1.61. The molecule has 0 unspecified atom stereocenters. The Kier molecular flexibility index (Phi) is 5.22. The Morgan fingerprint density at radius 3 is 2.90 bits per heavy atom. The van der Waals surface area contributed by atoms with Crippen LogP contribution in [-0.4, -0.2) is 55.4 Å². The van der Waals surface area contributed by atoms with Crippen molar-refractivity contribution in [1.29, 1.82) is 0 Å². The average Bonchev–Trinajstić information content (AvgIpc) is 3.25. The topological polar surface area (TPSA) is 34.6 Å². The van der Waals surface area contributed by atoms with Crippen molar-refractivity contribution in [3.05, 3.63) is 30.1 Å². The van der Waals surface area contributed by atoms with E-state index in [0.717, 1.165) is 18.8 Å². The molecule has 1 aliphatic heterocycles. The lowest BCUT2D eigenvalue weighted by Gasteiger charge is -2.28. The predicted octanol–water partition coefficient (Wildman–Crippen LogP) is 2.14. The highest BCUT2D eigenvalue weighted by atomic mass is 16.5. The zero-order valence-electron chi connectivity index (χ0n) is 12.9. The van der Waals surface area contributed by atoms with Gasteiger partial charge in [-0.3, -0.25) is 9.88 Å². The minimum Gasteiger partial charge on any atom is -0.382 e. The van der Waals surface area contributed by atoms with Gasteiger partial charge in [-0.15, -0.1) is 0 Å². The first-order valence-electron chi connectivity index (χ1n) is 8.10. The van der Waals surface area contributed by atoms with E-state index in [9.17, 15) is 0 Å². The summed E-state index contributed by atoms with van der Waals surface area (Å²) in [5.41, 5.74) is 1.31. The number of methoxy groups -OCH3 is 1. The maximum absolute atomic E-state index is 6.07. The van der Waals surface area contributed by atoms with E-state index >= 15 is 0 Å². The van der Waals surface area contributed by atoms with Crippen LogP contribution in [0, 0.1) is 5.92 Å². The molecule has 0 bridgehead atoms. The van der Waals surface area contributed by atoms with Crippen molar-refractivity contribution in [1.82, 2.24) is 9.88 Å². The van der Waals surface area contributed by atoms with Gasteiger partial charge in [0, 0.05) is 38.6 Å². The van der Waals surface area contributed by atoms with Crippen LogP contribution in [-0.2, 0) is 15.9 Å². The lowest BCUT2D eigenvalue weighted by atomic mass is 10.0. The van der Waals surface area contributed by atoms with Gasteiger partial charge >= 0.3 is 0 Å². The Morgan fingerprint density at radius 1 is 1.29 bits per heavy atom. The van der Waals surface area contributed by atoms with Crippen LogP contribution in [0.3, 0.4) is 0 Å². The Morgan fingerprint density at radius 2 is 2.19 bits per heavy atom. The number of likely N-dealkylation sites (tertiary alicyclic amines) is 1. The third-order valence-electron chi connectivity index (χ3n) is 4.58. The van der Waals surface area contributed by atoms with Crippen LogP contribution >= 0.6 is 0 Å². The van der Waals surface area contributed by atoms with E-state index in [2.05, 4.69) is 16.0 Å². The number of rotatable bonds is 8. The molecule has 1 saturated heterocycles. The van der Waals surface area contributed by atoms with Gasteiger partial charge in [0.1, 0.15) is 0 Å². The Bertz CT molecular complexity index is 422. The normalized spacial score (nSPS) is 26.3. The van der Waals surface area contributed by atoms with Crippen molar-refractivity contribution in [2.75, 3.05) is 33.4 Å². The minimum absolute atomic E-state index is 0.333. The standard InChI is InChI=1S/C17H26N2O2/c1-20-9-10-21-17-6-8-19(13-14-4-5-14)16(17)11-15-3-2-7-18-12-15/h2-3,7,12,14,16-17H,4-6,8-11,13H2,1H3/t16-,17+/m0/s1. The molecule has 1 saturated carbocycles. The highest BCUT2D eigenvalue weighted by molar-refractivity contribution is 5.12. The first-order valence-corrected chi connectivity index (χ1v) is 8.10. The molecule has 116 valence electrons. The quantitative estimate of drug-likeness (QED) is 0.687. The zero-order valence-corrected chi connectivity index (χ0v) is 12.9. The van der Waals surface area contributed by atoms with Crippen molar-refractivity contribution >= 4 is 0 Å². The summed E-state index contributed by atoms with van der Waals surface area (Å²) in [5.74, 6) is 0.930. The molecule has 0 amide bonds. The first-order chi connectivity index (χ1) is 10.4. The smallest absolute Gasteiger partial charge is 0.0746 e. The lowest BCUT2D eigenvalue weighted by Crippen LogP contribution is -2.39. The van der Waals surface area contributed by atoms with Gasteiger partial charge < -0.3 is 9.47 Å². The predicted molar refractivity (Wildman–Crippen MR) is 82.3 cm³/mol. The Labute approximate surface area is 127 Å². The van der Waals surface area contributed by atoms with Gasteiger partial charge in [-0.25, -0.2) is 0 Å². The molecule has 1 aromatic heterocycles. The molecule has 3 rings (SSSR count). The molecule has 2 heterocycles. The summed E-state index contributed by atoms with van der Waals surface area (Å²) < 4.78 is 11.2. The zero-order chi connectivity index (χ0) is 14.5. The van der Waals surface area contributed by atoms with Crippen LogP contribution in [0.5, 0.6) is 0 Å². The van der Waals surface area contributed by atoms with Crippen LogP contribution in [0.25, 0.3) is 0 Å². The molecule has 1 aromatic rings. The molecule has 2 fully saturated rings. The van der Waals surface area contributed by atoms with Crippen LogP contribution in [0.15, 0.2) is 24.5 Å². The third-order valence-corrected chi connectivity index (χ3v) is 4.58. The SMILES string of the molecule is COCCO[C@@H]1CCN(CC2CC2)[C@H]1Cc1cccnc1. The van der Waals surface area contributed by atoms with Gasteiger partial charge in [0.05, 0.1) is 19.3 Å². The molecule has 0 aromatic carbocycles. The monoisotopic (exact) mass is 290 g/mol. The molecule has 21 heavy (non-hydrogen) atoms. The number of pyridine rings is 1. The molecule has 0 N–H and O–H groups in total. The van der Waals surface area contributed by atoms with Crippen LogP contribution in [0.1, 0.15) is 24.8 Å². The highest BCUT2D eigenvalue weighted by Gasteiger charge is 2.37.